The minimum Gasteiger partial charge on any atom is -0.492 e. The Kier molecular flexibility index (Phi) is 5.82. The summed E-state index contributed by atoms with van der Waals surface area (Å²) >= 11 is 0. The van der Waals surface area contributed by atoms with Gasteiger partial charge in [0.2, 0.25) is 0 Å². The molecule has 0 atom stereocenters. The zero-order valence-electron chi connectivity index (χ0n) is 13.9. The maximum atomic E-state index is 12.1. The van der Waals surface area contributed by atoms with Crippen molar-refractivity contribution in [2.45, 2.75) is 45.9 Å². The lowest BCUT2D eigenvalue weighted by molar-refractivity contribution is 0.335. The Morgan fingerprint density at radius 1 is 1.14 bits per heavy atom. The topological polar surface area (TPSA) is 55.4 Å². The van der Waals surface area contributed by atoms with Crippen molar-refractivity contribution in [3.63, 3.8) is 0 Å². The molecule has 5 heteroatoms. The first-order chi connectivity index (χ1) is 9.58. The second-order valence-corrected chi connectivity index (χ2v) is 9.23. The first kappa shape index (κ1) is 18.0. The minimum atomic E-state index is -3.15. The lowest BCUT2D eigenvalue weighted by Gasteiger charge is -2.20. The van der Waals surface area contributed by atoms with Crippen LogP contribution in [0.1, 0.15) is 37.5 Å². The van der Waals surface area contributed by atoms with Gasteiger partial charge in [-0.2, -0.15) is 0 Å². The summed E-state index contributed by atoms with van der Waals surface area (Å²) in [5.74, 6) is 0.826. The minimum absolute atomic E-state index is 0.0354. The van der Waals surface area contributed by atoms with Gasteiger partial charge < -0.3 is 10.1 Å². The maximum Gasteiger partial charge on any atom is 0.158 e. The Morgan fingerprint density at radius 3 is 2.10 bits per heavy atom. The second kappa shape index (κ2) is 6.79. The Morgan fingerprint density at radius 2 is 1.67 bits per heavy atom. The molecule has 0 aliphatic heterocycles. The summed E-state index contributed by atoms with van der Waals surface area (Å²) in [6.45, 7) is 10.1. The van der Waals surface area contributed by atoms with Gasteiger partial charge in [-0.15, -0.1) is 0 Å². The molecule has 0 saturated carbocycles. The normalized spacial score (nSPS) is 12.5. The van der Waals surface area contributed by atoms with Crippen LogP contribution >= 0.6 is 0 Å². The van der Waals surface area contributed by atoms with Crippen molar-refractivity contribution in [2.75, 3.05) is 19.4 Å². The fraction of sp³-hybridized carbons (Fsp3) is 0.625. The number of rotatable bonds is 6. The highest BCUT2D eigenvalue weighted by Gasteiger charge is 2.28. The van der Waals surface area contributed by atoms with Crippen LogP contribution in [0.15, 0.2) is 12.1 Å². The molecular formula is C16H27NO3S. The third-order valence-corrected chi connectivity index (χ3v) is 6.00. The molecule has 0 saturated heterocycles. The molecule has 4 nitrogen and oxygen atoms in total. The summed E-state index contributed by atoms with van der Waals surface area (Å²) in [7, 11) is -1.24. The summed E-state index contributed by atoms with van der Waals surface area (Å²) in [6.07, 6.45) is 0. The maximum absolute atomic E-state index is 12.1. The zero-order valence-corrected chi connectivity index (χ0v) is 14.7. The standard InChI is InChI=1S/C16H27NO3S/c1-12-9-14(11-17-6)10-13(2)15(12)20-7-8-21(18,19)16(3,4)5/h9-10,17H,7-8,11H2,1-6H3. The van der Waals surface area contributed by atoms with Crippen molar-refractivity contribution in [3.05, 3.63) is 28.8 Å². The quantitative estimate of drug-likeness (QED) is 0.877. The van der Waals surface area contributed by atoms with Crippen LogP contribution in [0.3, 0.4) is 0 Å². The molecule has 0 heterocycles. The van der Waals surface area contributed by atoms with E-state index in [9.17, 15) is 8.42 Å². The lowest BCUT2D eigenvalue weighted by Crippen LogP contribution is -2.32. The first-order valence-corrected chi connectivity index (χ1v) is 8.83. The average Bonchev–Trinajstić information content (AvgIpc) is 2.31. The molecule has 0 aromatic heterocycles. The molecule has 0 bridgehead atoms. The van der Waals surface area contributed by atoms with E-state index in [2.05, 4.69) is 17.4 Å². The van der Waals surface area contributed by atoms with Gasteiger partial charge in [-0.05, 0) is 58.4 Å². The van der Waals surface area contributed by atoms with E-state index in [0.29, 0.717) is 0 Å². The number of hydrogen-bond donors (Lipinski definition) is 1. The van der Waals surface area contributed by atoms with Crippen molar-refractivity contribution in [3.8, 4) is 5.75 Å². The van der Waals surface area contributed by atoms with Crippen LogP contribution < -0.4 is 10.1 Å². The molecule has 0 fully saturated rings. The number of aryl methyl sites for hydroxylation is 2. The van der Waals surface area contributed by atoms with E-state index in [1.54, 1.807) is 20.8 Å². The van der Waals surface area contributed by atoms with Crippen LogP contribution in [0.5, 0.6) is 5.75 Å². The molecule has 1 aromatic rings. The molecule has 0 aliphatic carbocycles. The number of ether oxygens (including phenoxy) is 1. The largest absolute Gasteiger partial charge is 0.492 e. The van der Waals surface area contributed by atoms with E-state index >= 15 is 0 Å². The van der Waals surface area contributed by atoms with Crippen LogP contribution in [0.4, 0.5) is 0 Å². The second-order valence-electron chi connectivity index (χ2n) is 6.37. The van der Waals surface area contributed by atoms with Gasteiger partial charge in [-0.3, -0.25) is 0 Å². The summed E-state index contributed by atoms with van der Waals surface area (Å²) in [5.41, 5.74) is 3.27. The van der Waals surface area contributed by atoms with Crippen molar-refractivity contribution < 1.29 is 13.2 Å². The predicted molar refractivity (Wildman–Crippen MR) is 87.7 cm³/mol. The van der Waals surface area contributed by atoms with Crippen molar-refractivity contribution in [1.82, 2.24) is 5.32 Å². The van der Waals surface area contributed by atoms with Crippen molar-refractivity contribution in [2.24, 2.45) is 0 Å². The van der Waals surface area contributed by atoms with Gasteiger partial charge in [0.25, 0.3) is 0 Å². The molecule has 1 aromatic carbocycles. The van der Waals surface area contributed by atoms with Gasteiger partial charge >= 0.3 is 0 Å². The van der Waals surface area contributed by atoms with Gasteiger partial charge in [0, 0.05) is 6.54 Å². The van der Waals surface area contributed by atoms with Crippen molar-refractivity contribution in [1.29, 1.82) is 0 Å². The van der Waals surface area contributed by atoms with E-state index in [1.807, 2.05) is 20.9 Å². The highest BCUT2D eigenvalue weighted by Crippen LogP contribution is 2.25. The van der Waals surface area contributed by atoms with E-state index in [1.165, 1.54) is 5.56 Å². The summed E-state index contributed by atoms with van der Waals surface area (Å²) < 4.78 is 29.1. The summed E-state index contributed by atoms with van der Waals surface area (Å²) in [5, 5.41) is 3.12. The Balaban J connectivity index is 2.77. The molecule has 0 spiro atoms. The number of benzene rings is 1. The average molecular weight is 313 g/mol. The third kappa shape index (κ3) is 4.71. The molecule has 120 valence electrons. The Bertz CT molecular complexity index is 563. The molecule has 0 aliphatic rings. The number of sulfone groups is 1. The van der Waals surface area contributed by atoms with Gasteiger partial charge in [0.05, 0.1) is 10.5 Å². The van der Waals surface area contributed by atoms with Crippen LogP contribution in [0.2, 0.25) is 0 Å². The molecule has 0 unspecified atom stereocenters. The fourth-order valence-corrected chi connectivity index (χ4v) is 3.05. The molecule has 0 radical (unpaired) electrons. The van der Waals surface area contributed by atoms with Gasteiger partial charge in [0.15, 0.2) is 9.84 Å². The summed E-state index contributed by atoms with van der Waals surface area (Å²) in [6, 6.07) is 4.13. The summed E-state index contributed by atoms with van der Waals surface area (Å²) in [4.78, 5) is 0. The molecule has 1 N–H and O–H groups in total. The van der Waals surface area contributed by atoms with Crippen LogP contribution in [0, 0.1) is 13.8 Å². The number of hydrogen-bond acceptors (Lipinski definition) is 4. The van der Waals surface area contributed by atoms with Crippen LogP contribution in [-0.4, -0.2) is 32.6 Å². The highest BCUT2D eigenvalue weighted by molar-refractivity contribution is 7.92. The lowest BCUT2D eigenvalue weighted by atomic mass is 10.1. The molecule has 21 heavy (non-hydrogen) atoms. The van der Waals surface area contributed by atoms with Crippen LogP contribution in [0.25, 0.3) is 0 Å². The van der Waals surface area contributed by atoms with Gasteiger partial charge in [-0.1, -0.05) is 12.1 Å². The van der Waals surface area contributed by atoms with Gasteiger partial charge in [-0.25, -0.2) is 8.42 Å². The molecule has 1 rings (SSSR count). The third-order valence-electron chi connectivity index (χ3n) is 3.43. The van der Waals surface area contributed by atoms with E-state index in [-0.39, 0.29) is 12.4 Å². The van der Waals surface area contributed by atoms with Crippen LogP contribution in [-0.2, 0) is 16.4 Å². The first-order valence-electron chi connectivity index (χ1n) is 7.18. The van der Waals surface area contributed by atoms with Gasteiger partial charge in [0.1, 0.15) is 12.4 Å². The van der Waals surface area contributed by atoms with E-state index in [0.717, 1.165) is 23.4 Å². The Hall–Kier alpha value is -1.07. The SMILES string of the molecule is CNCc1cc(C)c(OCCS(=O)(=O)C(C)(C)C)c(C)c1. The highest BCUT2D eigenvalue weighted by atomic mass is 32.2. The fourth-order valence-electron chi connectivity index (χ4n) is 2.13. The van der Waals surface area contributed by atoms with E-state index in [4.69, 9.17) is 4.74 Å². The van der Waals surface area contributed by atoms with E-state index < -0.39 is 14.6 Å². The smallest absolute Gasteiger partial charge is 0.158 e. The number of nitrogens with one attached hydrogen (secondary N) is 1. The monoisotopic (exact) mass is 313 g/mol. The Labute approximate surface area is 128 Å². The molecular weight excluding hydrogens is 286 g/mol. The molecule has 0 amide bonds. The van der Waals surface area contributed by atoms with Crippen molar-refractivity contribution >= 4 is 9.84 Å². The predicted octanol–water partition coefficient (Wildman–Crippen LogP) is 2.61. The zero-order chi connectivity index (χ0) is 16.3.